The van der Waals surface area contributed by atoms with Crippen LogP contribution in [0.2, 0.25) is 0 Å². The monoisotopic (exact) mass is 488 g/mol. The van der Waals surface area contributed by atoms with Crippen molar-refractivity contribution in [2.75, 3.05) is 25.0 Å². The van der Waals surface area contributed by atoms with E-state index in [-0.39, 0.29) is 60.0 Å². The van der Waals surface area contributed by atoms with Gasteiger partial charge in [-0.05, 0) is 50.2 Å². The highest BCUT2D eigenvalue weighted by Gasteiger charge is 2.32. The average Bonchev–Trinajstić information content (AvgIpc) is 2.78. The van der Waals surface area contributed by atoms with E-state index in [1.54, 1.807) is 18.2 Å². The summed E-state index contributed by atoms with van der Waals surface area (Å²) in [6.45, 7) is 4.23. The second-order valence-corrected chi connectivity index (χ2v) is 10.0. The van der Waals surface area contributed by atoms with Crippen LogP contribution in [-0.4, -0.2) is 62.3 Å². The van der Waals surface area contributed by atoms with Gasteiger partial charge in [-0.25, -0.2) is 8.42 Å². The number of nitrogens with one attached hydrogen (secondary N) is 2. The summed E-state index contributed by atoms with van der Waals surface area (Å²) in [5.74, 6) is -1.51. The van der Waals surface area contributed by atoms with Crippen LogP contribution in [0.4, 0.5) is 5.69 Å². The van der Waals surface area contributed by atoms with Crippen molar-refractivity contribution >= 4 is 33.4 Å². The van der Waals surface area contributed by atoms with Crippen molar-refractivity contribution < 1.29 is 27.5 Å². The molecule has 0 spiro atoms. The largest absolute Gasteiger partial charge is 0.373 e. The van der Waals surface area contributed by atoms with Crippen LogP contribution >= 0.6 is 0 Å². The number of hydrogen-bond acceptors (Lipinski definition) is 6. The normalized spacial score (nSPS) is 18.8. The highest BCUT2D eigenvalue weighted by atomic mass is 32.2. The second-order valence-electron chi connectivity index (χ2n) is 8.08. The first kappa shape index (κ1) is 25.3. The van der Waals surface area contributed by atoms with Crippen LogP contribution in [0.3, 0.4) is 0 Å². The molecule has 1 saturated heterocycles. The van der Waals surface area contributed by atoms with Crippen LogP contribution in [0.15, 0.2) is 53.4 Å². The van der Waals surface area contributed by atoms with E-state index < -0.39 is 27.7 Å². The number of carbonyl (C=O) groups excluding carboxylic acids is 3. The number of sulfonamides is 1. The lowest BCUT2D eigenvalue weighted by atomic mass is 10.1. The molecule has 1 fully saturated rings. The van der Waals surface area contributed by atoms with Crippen molar-refractivity contribution in [2.45, 2.75) is 37.4 Å². The molecule has 11 heteroatoms. The first-order chi connectivity index (χ1) is 16.1. The Morgan fingerprint density at radius 2 is 1.62 bits per heavy atom. The number of anilines is 1. The molecule has 1 aliphatic rings. The molecule has 2 atom stereocenters. The molecule has 3 rings (SSSR count). The van der Waals surface area contributed by atoms with Gasteiger partial charge in [0.2, 0.25) is 15.9 Å². The van der Waals surface area contributed by atoms with E-state index in [9.17, 15) is 22.8 Å². The summed E-state index contributed by atoms with van der Waals surface area (Å²) in [5, 5.41) is 5.25. The van der Waals surface area contributed by atoms with Crippen LogP contribution in [0.5, 0.6) is 0 Å². The van der Waals surface area contributed by atoms with Crippen LogP contribution in [0.1, 0.15) is 41.0 Å². The minimum atomic E-state index is -3.73. The molecule has 4 N–H and O–H groups in total. The summed E-state index contributed by atoms with van der Waals surface area (Å²) in [4.78, 5) is 36.1. The Bertz CT molecular complexity index is 1160. The third-order valence-electron chi connectivity index (χ3n) is 5.22. The van der Waals surface area contributed by atoms with Crippen molar-refractivity contribution in [1.82, 2.24) is 9.62 Å². The quantitative estimate of drug-likeness (QED) is 0.511. The third kappa shape index (κ3) is 6.19. The first-order valence-electron chi connectivity index (χ1n) is 10.8. The van der Waals surface area contributed by atoms with E-state index in [0.29, 0.717) is 0 Å². The number of rotatable bonds is 8. The topological polar surface area (TPSA) is 148 Å². The molecular weight excluding hydrogens is 460 g/mol. The molecule has 2 aromatic rings. The third-order valence-corrected chi connectivity index (χ3v) is 7.06. The molecule has 0 aliphatic carbocycles. The van der Waals surface area contributed by atoms with Gasteiger partial charge >= 0.3 is 0 Å². The van der Waals surface area contributed by atoms with Crippen molar-refractivity contribution in [3.05, 3.63) is 59.7 Å². The number of benzene rings is 2. The summed E-state index contributed by atoms with van der Waals surface area (Å²) in [7, 11) is -3.73. The molecule has 2 unspecified atom stereocenters. The molecule has 1 heterocycles. The van der Waals surface area contributed by atoms with E-state index in [0.717, 1.165) is 0 Å². The van der Waals surface area contributed by atoms with E-state index in [1.807, 2.05) is 13.8 Å². The smallest absolute Gasteiger partial charge is 0.255 e. The number of hydrogen-bond donors (Lipinski definition) is 3. The minimum absolute atomic E-state index is 0.00218. The molecule has 2 aromatic carbocycles. The van der Waals surface area contributed by atoms with Crippen LogP contribution < -0.4 is 16.4 Å². The van der Waals surface area contributed by atoms with Gasteiger partial charge in [0, 0.05) is 31.6 Å². The fourth-order valence-electron chi connectivity index (χ4n) is 3.63. The number of nitrogens with zero attached hydrogens (tertiary/aromatic N) is 1. The van der Waals surface area contributed by atoms with Crippen LogP contribution in [-0.2, 0) is 19.6 Å². The summed E-state index contributed by atoms with van der Waals surface area (Å²) in [6, 6.07) is 12.0. The molecule has 34 heavy (non-hydrogen) atoms. The lowest BCUT2D eigenvalue weighted by molar-refractivity contribution is -0.117. The number of nitrogens with two attached hydrogens (primary N) is 1. The van der Waals surface area contributed by atoms with Gasteiger partial charge in [0.25, 0.3) is 11.8 Å². The molecule has 0 saturated carbocycles. The zero-order chi connectivity index (χ0) is 24.9. The van der Waals surface area contributed by atoms with Crippen LogP contribution in [0.25, 0.3) is 0 Å². The first-order valence-corrected chi connectivity index (χ1v) is 12.2. The number of carbonyl (C=O) groups is 3. The fourth-order valence-corrected chi connectivity index (χ4v) is 5.22. The predicted octanol–water partition coefficient (Wildman–Crippen LogP) is 1.34. The molecule has 0 bridgehead atoms. The second kappa shape index (κ2) is 10.8. The summed E-state index contributed by atoms with van der Waals surface area (Å²) in [5.41, 5.74) is 5.80. The highest BCUT2D eigenvalue weighted by Crippen LogP contribution is 2.22. The number of amides is 3. The Morgan fingerprint density at radius 3 is 2.24 bits per heavy atom. The highest BCUT2D eigenvalue weighted by molar-refractivity contribution is 7.89. The SMILES string of the molecule is CC1CN(S(=O)(=O)c2ccc(C(=O)Nc3ccccc3C(=O)NCCC(N)=O)cc2)CC(C)O1. The Labute approximate surface area is 198 Å². The zero-order valence-electron chi connectivity index (χ0n) is 19.0. The van der Waals surface area contributed by atoms with Gasteiger partial charge in [0.05, 0.1) is 28.4 Å². The predicted molar refractivity (Wildman–Crippen MR) is 126 cm³/mol. The van der Waals surface area contributed by atoms with E-state index in [1.165, 1.54) is 34.6 Å². The van der Waals surface area contributed by atoms with Gasteiger partial charge in [-0.3, -0.25) is 14.4 Å². The van der Waals surface area contributed by atoms with Crippen molar-refractivity contribution in [3.63, 3.8) is 0 Å². The number of primary amides is 1. The number of morpholine rings is 1. The summed E-state index contributed by atoms with van der Waals surface area (Å²) < 4.78 is 33.0. The van der Waals surface area contributed by atoms with Gasteiger partial charge < -0.3 is 21.1 Å². The van der Waals surface area contributed by atoms with Gasteiger partial charge in [-0.15, -0.1) is 0 Å². The maximum absolute atomic E-state index is 13.0. The van der Waals surface area contributed by atoms with E-state index >= 15 is 0 Å². The molecular formula is C23H28N4O6S. The van der Waals surface area contributed by atoms with Crippen molar-refractivity contribution in [1.29, 1.82) is 0 Å². The van der Waals surface area contributed by atoms with Crippen molar-refractivity contribution in [3.8, 4) is 0 Å². The Balaban J connectivity index is 1.71. The maximum Gasteiger partial charge on any atom is 0.255 e. The lowest BCUT2D eigenvalue weighted by Gasteiger charge is -2.34. The van der Waals surface area contributed by atoms with Gasteiger partial charge in [0.15, 0.2) is 0 Å². The molecule has 1 aliphatic heterocycles. The van der Waals surface area contributed by atoms with Gasteiger partial charge in [-0.2, -0.15) is 4.31 Å². The van der Waals surface area contributed by atoms with Crippen molar-refractivity contribution in [2.24, 2.45) is 5.73 Å². The van der Waals surface area contributed by atoms with Gasteiger partial charge in [-0.1, -0.05) is 12.1 Å². The molecule has 0 radical (unpaired) electrons. The summed E-state index contributed by atoms with van der Waals surface area (Å²) >= 11 is 0. The Morgan fingerprint density at radius 1 is 1.00 bits per heavy atom. The van der Waals surface area contributed by atoms with Gasteiger partial charge in [0.1, 0.15) is 0 Å². The summed E-state index contributed by atoms with van der Waals surface area (Å²) in [6.07, 6.45) is -0.425. The maximum atomic E-state index is 13.0. The molecule has 182 valence electrons. The standard InChI is InChI=1S/C23H28N4O6S/c1-15-13-27(14-16(2)33-15)34(31,32)18-9-7-17(8-10-18)22(29)26-20-6-4-3-5-19(20)23(30)25-12-11-21(24)28/h3-10,15-16H,11-14H2,1-2H3,(H2,24,28)(H,25,30)(H,26,29). The average molecular weight is 489 g/mol. The Kier molecular flexibility index (Phi) is 8.02. The van der Waals surface area contributed by atoms with E-state index in [4.69, 9.17) is 10.5 Å². The lowest BCUT2D eigenvalue weighted by Crippen LogP contribution is -2.48. The number of para-hydroxylation sites is 1. The minimum Gasteiger partial charge on any atom is -0.373 e. The molecule has 10 nitrogen and oxygen atoms in total. The number of ether oxygens (including phenoxy) is 1. The molecule has 3 amide bonds. The molecule has 0 aromatic heterocycles. The van der Waals surface area contributed by atoms with E-state index in [2.05, 4.69) is 10.6 Å². The zero-order valence-corrected chi connectivity index (χ0v) is 19.8. The fraction of sp³-hybridized carbons (Fsp3) is 0.348. The Hall–Kier alpha value is -3.28. The van der Waals surface area contributed by atoms with Crippen LogP contribution in [0, 0.1) is 0 Å².